The molecule has 6 nitrogen and oxygen atoms in total. The Kier molecular flexibility index (Phi) is 6.45. The largest absolute Gasteiger partial charge is 0.356 e. The summed E-state index contributed by atoms with van der Waals surface area (Å²) in [4.78, 5) is 15.9. The lowest BCUT2D eigenvalue weighted by Crippen LogP contribution is -2.25. The number of nitrogens with zero attached hydrogens (tertiary/aromatic N) is 1. The minimum atomic E-state index is -3.66. The zero-order valence-corrected chi connectivity index (χ0v) is 14.1. The Morgan fingerprint density at radius 1 is 1.08 bits per heavy atom. The minimum absolute atomic E-state index is 0.0139. The molecule has 0 saturated carbocycles. The van der Waals surface area contributed by atoms with Crippen molar-refractivity contribution in [2.24, 2.45) is 5.14 Å². The summed E-state index contributed by atoms with van der Waals surface area (Å²) in [7, 11) is -3.66. The molecule has 1 aromatic carbocycles. The molecule has 128 valence electrons. The van der Waals surface area contributed by atoms with Crippen LogP contribution in [0.15, 0.2) is 53.7 Å². The number of carbonyl (C=O) groups excluding carboxylic acids is 1. The van der Waals surface area contributed by atoms with Gasteiger partial charge in [-0.1, -0.05) is 18.2 Å². The maximum Gasteiger partial charge on any atom is 0.238 e. The van der Waals surface area contributed by atoms with Gasteiger partial charge in [-0.25, -0.2) is 13.6 Å². The molecule has 0 aliphatic rings. The van der Waals surface area contributed by atoms with Gasteiger partial charge >= 0.3 is 0 Å². The average molecular weight is 347 g/mol. The molecule has 1 heterocycles. The molecule has 2 aromatic rings. The fourth-order valence-electron chi connectivity index (χ4n) is 2.28. The first kappa shape index (κ1) is 18.1. The predicted octanol–water partition coefficient (Wildman–Crippen LogP) is 1.41. The number of rotatable bonds is 8. The zero-order chi connectivity index (χ0) is 17.4. The number of hydrogen-bond acceptors (Lipinski definition) is 4. The molecule has 24 heavy (non-hydrogen) atoms. The third-order valence-corrected chi connectivity index (χ3v) is 4.51. The molecule has 0 aliphatic carbocycles. The van der Waals surface area contributed by atoms with E-state index in [0.29, 0.717) is 19.4 Å². The molecule has 3 N–H and O–H groups in total. The number of aryl methyl sites for hydroxylation is 1. The molecule has 0 unspecified atom stereocenters. The fraction of sp³-hybridized carbons (Fsp3) is 0.294. The molecule has 0 saturated heterocycles. The van der Waals surface area contributed by atoms with Crippen LogP contribution in [-0.2, 0) is 27.7 Å². The highest BCUT2D eigenvalue weighted by atomic mass is 32.2. The highest BCUT2D eigenvalue weighted by Gasteiger charge is 2.07. The van der Waals surface area contributed by atoms with Crippen LogP contribution in [0.5, 0.6) is 0 Å². The van der Waals surface area contributed by atoms with Gasteiger partial charge < -0.3 is 5.32 Å². The van der Waals surface area contributed by atoms with Gasteiger partial charge in [-0.2, -0.15) is 0 Å². The van der Waals surface area contributed by atoms with Crippen LogP contribution in [0.4, 0.5) is 0 Å². The number of hydrogen-bond donors (Lipinski definition) is 2. The smallest absolute Gasteiger partial charge is 0.238 e. The lowest BCUT2D eigenvalue weighted by Gasteiger charge is -2.06. The number of benzene rings is 1. The maximum absolute atomic E-state index is 11.8. The summed E-state index contributed by atoms with van der Waals surface area (Å²) in [6.07, 6.45) is 6.25. The number of aromatic nitrogens is 1. The second kappa shape index (κ2) is 8.56. The second-order valence-corrected chi connectivity index (χ2v) is 7.07. The summed E-state index contributed by atoms with van der Waals surface area (Å²) in [5.74, 6) is 0.0139. The van der Waals surface area contributed by atoms with Gasteiger partial charge in [-0.3, -0.25) is 9.78 Å². The van der Waals surface area contributed by atoms with Crippen molar-refractivity contribution in [2.45, 2.75) is 30.6 Å². The molecule has 0 spiro atoms. The number of nitrogens with two attached hydrogens (primary N) is 1. The second-order valence-electron chi connectivity index (χ2n) is 5.50. The maximum atomic E-state index is 11.8. The summed E-state index contributed by atoms with van der Waals surface area (Å²) in [5, 5.41) is 7.91. The van der Waals surface area contributed by atoms with E-state index in [-0.39, 0.29) is 10.8 Å². The number of amides is 1. The summed E-state index contributed by atoms with van der Waals surface area (Å²) in [6.45, 7) is 0.514. The fourth-order valence-corrected chi connectivity index (χ4v) is 2.79. The Labute approximate surface area is 142 Å². The van der Waals surface area contributed by atoms with Crippen LogP contribution in [0.3, 0.4) is 0 Å². The topological polar surface area (TPSA) is 102 Å². The van der Waals surface area contributed by atoms with Gasteiger partial charge in [-0.05, 0) is 48.6 Å². The summed E-state index contributed by atoms with van der Waals surface area (Å²) in [5.41, 5.74) is 2.07. The summed E-state index contributed by atoms with van der Waals surface area (Å²) < 4.78 is 22.3. The van der Waals surface area contributed by atoms with Crippen LogP contribution in [0.1, 0.15) is 24.0 Å². The summed E-state index contributed by atoms with van der Waals surface area (Å²) >= 11 is 0. The van der Waals surface area contributed by atoms with Gasteiger partial charge in [0.15, 0.2) is 0 Å². The van der Waals surface area contributed by atoms with E-state index in [4.69, 9.17) is 5.14 Å². The van der Waals surface area contributed by atoms with Crippen molar-refractivity contribution in [2.75, 3.05) is 6.54 Å². The van der Waals surface area contributed by atoms with Crippen LogP contribution in [-0.4, -0.2) is 25.9 Å². The highest BCUT2D eigenvalue weighted by molar-refractivity contribution is 7.89. The van der Waals surface area contributed by atoms with Gasteiger partial charge in [0, 0.05) is 25.4 Å². The molecule has 0 radical (unpaired) electrons. The van der Waals surface area contributed by atoms with Crippen molar-refractivity contribution in [1.82, 2.24) is 10.3 Å². The quantitative estimate of drug-likeness (QED) is 0.753. The van der Waals surface area contributed by atoms with Crippen molar-refractivity contribution in [3.8, 4) is 0 Å². The first-order valence-electron chi connectivity index (χ1n) is 7.72. The minimum Gasteiger partial charge on any atom is -0.356 e. The average Bonchev–Trinajstić information content (AvgIpc) is 2.55. The molecular weight excluding hydrogens is 326 g/mol. The van der Waals surface area contributed by atoms with E-state index in [1.54, 1.807) is 18.3 Å². The molecule has 0 bridgehead atoms. The van der Waals surface area contributed by atoms with E-state index in [1.165, 1.54) is 12.1 Å². The monoisotopic (exact) mass is 347 g/mol. The molecular formula is C17H21N3O3S. The third-order valence-electron chi connectivity index (χ3n) is 3.58. The van der Waals surface area contributed by atoms with Gasteiger partial charge in [0.25, 0.3) is 0 Å². The van der Waals surface area contributed by atoms with E-state index in [0.717, 1.165) is 24.0 Å². The van der Waals surface area contributed by atoms with E-state index in [9.17, 15) is 13.2 Å². The van der Waals surface area contributed by atoms with Crippen molar-refractivity contribution >= 4 is 15.9 Å². The molecule has 0 fully saturated rings. The Morgan fingerprint density at radius 2 is 1.83 bits per heavy atom. The van der Waals surface area contributed by atoms with Crippen molar-refractivity contribution < 1.29 is 13.2 Å². The number of sulfonamides is 1. The van der Waals surface area contributed by atoms with E-state index in [1.807, 2.05) is 18.3 Å². The number of carbonyl (C=O) groups is 1. The van der Waals surface area contributed by atoms with Crippen LogP contribution in [0.2, 0.25) is 0 Å². The molecule has 0 atom stereocenters. The van der Waals surface area contributed by atoms with Gasteiger partial charge in [0.1, 0.15) is 0 Å². The zero-order valence-electron chi connectivity index (χ0n) is 13.3. The summed E-state index contributed by atoms with van der Waals surface area (Å²) in [6, 6.07) is 10.2. The predicted molar refractivity (Wildman–Crippen MR) is 91.7 cm³/mol. The van der Waals surface area contributed by atoms with Crippen LogP contribution >= 0.6 is 0 Å². The first-order valence-corrected chi connectivity index (χ1v) is 9.27. The van der Waals surface area contributed by atoms with Crippen LogP contribution in [0, 0.1) is 0 Å². The van der Waals surface area contributed by atoms with E-state index in [2.05, 4.69) is 10.3 Å². The third kappa shape index (κ3) is 6.10. The lowest BCUT2D eigenvalue weighted by atomic mass is 10.1. The van der Waals surface area contributed by atoms with Gasteiger partial charge in [-0.15, -0.1) is 0 Å². The van der Waals surface area contributed by atoms with Crippen LogP contribution < -0.4 is 10.5 Å². The normalized spacial score (nSPS) is 11.2. The van der Waals surface area contributed by atoms with Crippen LogP contribution in [0.25, 0.3) is 0 Å². The standard InChI is InChI=1S/C17H21N3O3S/c18-24(22,23)16-8-6-14(7-9-16)10-12-20-17(21)5-1-3-15-4-2-11-19-13-15/h2,4,6-9,11,13H,1,3,5,10,12H2,(H,20,21)(H2,18,22,23). The molecule has 1 amide bonds. The lowest BCUT2D eigenvalue weighted by molar-refractivity contribution is -0.121. The molecule has 0 aliphatic heterocycles. The SMILES string of the molecule is NS(=O)(=O)c1ccc(CCNC(=O)CCCc2cccnc2)cc1. The molecule has 7 heteroatoms. The number of nitrogens with one attached hydrogen (secondary N) is 1. The Hall–Kier alpha value is -2.25. The molecule has 1 aromatic heterocycles. The Morgan fingerprint density at radius 3 is 2.46 bits per heavy atom. The first-order chi connectivity index (χ1) is 11.4. The Bertz CT molecular complexity index is 759. The van der Waals surface area contributed by atoms with Crippen molar-refractivity contribution in [3.63, 3.8) is 0 Å². The van der Waals surface area contributed by atoms with E-state index >= 15 is 0 Å². The van der Waals surface area contributed by atoms with Gasteiger partial charge in [0.2, 0.25) is 15.9 Å². The van der Waals surface area contributed by atoms with E-state index < -0.39 is 10.0 Å². The van der Waals surface area contributed by atoms with Gasteiger partial charge in [0.05, 0.1) is 4.90 Å². The molecule has 2 rings (SSSR count). The highest BCUT2D eigenvalue weighted by Crippen LogP contribution is 2.09. The van der Waals surface area contributed by atoms with Crippen molar-refractivity contribution in [3.05, 3.63) is 59.9 Å². The van der Waals surface area contributed by atoms with Crippen molar-refractivity contribution in [1.29, 1.82) is 0 Å². The Balaban J connectivity index is 1.67. The number of primary sulfonamides is 1. The number of pyridine rings is 1.